The zero-order valence-electron chi connectivity index (χ0n) is 15.5. The van der Waals surface area contributed by atoms with Crippen molar-refractivity contribution in [3.05, 3.63) is 35.9 Å². The van der Waals surface area contributed by atoms with Gasteiger partial charge in [0.15, 0.2) is 0 Å². The first-order chi connectivity index (χ1) is 13.1. The molecule has 1 unspecified atom stereocenters. The van der Waals surface area contributed by atoms with E-state index in [4.69, 9.17) is 9.47 Å². The van der Waals surface area contributed by atoms with Gasteiger partial charge in [0.1, 0.15) is 12.6 Å². The average molecular weight is 377 g/mol. The van der Waals surface area contributed by atoms with Gasteiger partial charge in [-0.15, -0.1) is 0 Å². The molecule has 1 aromatic rings. The standard InChI is InChI=1S/C19H27N3O5/c1-26-18(24)16(22-17(23)15-9-5-11-20-15)10-6-12-21-19(25)27-13-14-7-3-2-4-8-14/h2-4,7-8,15-16,20H,5-6,9-13H2,1H3,(H,21,25)(H,22,23)/t15-,16?/m0/s1. The summed E-state index contributed by atoms with van der Waals surface area (Å²) in [6.07, 6.45) is 2.04. The van der Waals surface area contributed by atoms with Gasteiger partial charge in [-0.1, -0.05) is 30.3 Å². The fourth-order valence-corrected chi connectivity index (χ4v) is 2.84. The number of esters is 1. The predicted octanol–water partition coefficient (Wildman–Crippen LogP) is 1.10. The van der Waals surface area contributed by atoms with Crippen LogP contribution in [0.2, 0.25) is 0 Å². The number of nitrogens with one attached hydrogen (secondary N) is 3. The first-order valence-corrected chi connectivity index (χ1v) is 9.16. The molecule has 1 fully saturated rings. The van der Waals surface area contributed by atoms with Crippen LogP contribution in [0.3, 0.4) is 0 Å². The fourth-order valence-electron chi connectivity index (χ4n) is 2.84. The van der Waals surface area contributed by atoms with E-state index in [1.807, 2.05) is 30.3 Å². The number of ether oxygens (including phenoxy) is 2. The smallest absolute Gasteiger partial charge is 0.407 e. The molecule has 1 aromatic carbocycles. The lowest BCUT2D eigenvalue weighted by Crippen LogP contribution is -2.48. The number of methoxy groups -OCH3 is 1. The lowest BCUT2D eigenvalue weighted by atomic mass is 10.1. The molecular formula is C19H27N3O5. The summed E-state index contributed by atoms with van der Waals surface area (Å²) in [5.41, 5.74) is 0.904. The molecule has 0 bridgehead atoms. The summed E-state index contributed by atoms with van der Waals surface area (Å²) >= 11 is 0. The van der Waals surface area contributed by atoms with Crippen molar-refractivity contribution in [3.63, 3.8) is 0 Å². The van der Waals surface area contributed by atoms with Crippen molar-refractivity contribution in [2.75, 3.05) is 20.2 Å². The largest absolute Gasteiger partial charge is 0.467 e. The van der Waals surface area contributed by atoms with Crippen LogP contribution >= 0.6 is 0 Å². The fraction of sp³-hybridized carbons (Fsp3) is 0.526. The Hall–Kier alpha value is -2.61. The maximum Gasteiger partial charge on any atom is 0.407 e. The van der Waals surface area contributed by atoms with E-state index in [0.717, 1.165) is 24.9 Å². The Kier molecular flexibility index (Phi) is 8.57. The monoisotopic (exact) mass is 377 g/mol. The lowest BCUT2D eigenvalue weighted by Gasteiger charge is -2.19. The van der Waals surface area contributed by atoms with E-state index >= 15 is 0 Å². The number of hydrogen-bond acceptors (Lipinski definition) is 6. The highest BCUT2D eigenvalue weighted by atomic mass is 16.5. The van der Waals surface area contributed by atoms with Crippen molar-refractivity contribution in [3.8, 4) is 0 Å². The summed E-state index contributed by atoms with van der Waals surface area (Å²) in [5.74, 6) is -0.689. The molecule has 2 rings (SSSR count). The van der Waals surface area contributed by atoms with Gasteiger partial charge in [-0.3, -0.25) is 4.79 Å². The summed E-state index contributed by atoms with van der Waals surface area (Å²) < 4.78 is 9.87. The van der Waals surface area contributed by atoms with Crippen LogP contribution in [0.1, 0.15) is 31.2 Å². The van der Waals surface area contributed by atoms with Gasteiger partial charge in [0, 0.05) is 6.54 Å². The normalized spacial score (nSPS) is 17.0. The summed E-state index contributed by atoms with van der Waals surface area (Å²) in [4.78, 5) is 35.7. The highest BCUT2D eigenvalue weighted by Crippen LogP contribution is 2.07. The van der Waals surface area contributed by atoms with Crippen LogP contribution in [0.25, 0.3) is 0 Å². The third-order valence-corrected chi connectivity index (χ3v) is 4.33. The Morgan fingerprint density at radius 1 is 1.26 bits per heavy atom. The molecule has 0 spiro atoms. The topological polar surface area (TPSA) is 106 Å². The van der Waals surface area contributed by atoms with Gasteiger partial charge in [0.05, 0.1) is 13.2 Å². The predicted molar refractivity (Wildman–Crippen MR) is 98.8 cm³/mol. The van der Waals surface area contributed by atoms with Crippen molar-refractivity contribution < 1.29 is 23.9 Å². The molecule has 148 valence electrons. The molecule has 8 heteroatoms. The minimum Gasteiger partial charge on any atom is -0.467 e. The summed E-state index contributed by atoms with van der Waals surface area (Å²) in [6.45, 7) is 1.33. The van der Waals surface area contributed by atoms with Crippen molar-refractivity contribution in [1.82, 2.24) is 16.0 Å². The molecule has 2 atom stereocenters. The van der Waals surface area contributed by atoms with Gasteiger partial charge < -0.3 is 25.4 Å². The minimum atomic E-state index is -0.730. The van der Waals surface area contributed by atoms with E-state index in [2.05, 4.69) is 16.0 Å². The van der Waals surface area contributed by atoms with E-state index in [-0.39, 0.29) is 18.6 Å². The molecule has 2 amide bonds. The Labute approximate surface area is 159 Å². The number of carbonyl (C=O) groups is 3. The molecule has 1 heterocycles. The molecule has 0 radical (unpaired) electrons. The summed E-state index contributed by atoms with van der Waals surface area (Å²) in [7, 11) is 1.29. The molecule has 1 saturated heterocycles. The molecule has 27 heavy (non-hydrogen) atoms. The third-order valence-electron chi connectivity index (χ3n) is 4.33. The second kappa shape index (κ2) is 11.2. The van der Waals surface area contributed by atoms with Crippen LogP contribution in [0.5, 0.6) is 0 Å². The van der Waals surface area contributed by atoms with Crippen molar-refractivity contribution in [2.24, 2.45) is 0 Å². The van der Waals surface area contributed by atoms with E-state index in [1.54, 1.807) is 0 Å². The van der Waals surface area contributed by atoms with Gasteiger partial charge in [-0.05, 0) is 37.8 Å². The molecule has 0 aromatic heterocycles. The average Bonchev–Trinajstić information content (AvgIpc) is 3.23. The van der Waals surface area contributed by atoms with Crippen molar-refractivity contribution in [1.29, 1.82) is 0 Å². The molecule has 8 nitrogen and oxygen atoms in total. The molecule has 1 aliphatic rings. The zero-order valence-corrected chi connectivity index (χ0v) is 15.5. The number of amides is 2. The first-order valence-electron chi connectivity index (χ1n) is 9.16. The Morgan fingerprint density at radius 2 is 2.04 bits per heavy atom. The molecule has 1 aliphatic heterocycles. The highest BCUT2D eigenvalue weighted by Gasteiger charge is 2.27. The number of carbonyl (C=O) groups excluding carboxylic acids is 3. The molecule has 0 saturated carbocycles. The van der Waals surface area contributed by atoms with Crippen LogP contribution in [-0.2, 0) is 25.7 Å². The van der Waals surface area contributed by atoms with Crippen LogP contribution in [0.15, 0.2) is 30.3 Å². The molecule has 0 aliphatic carbocycles. The van der Waals surface area contributed by atoms with E-state index in [1.165, 1.54) is 7.11 Å². The van der Waals surface area contributed by atoms with Gasteiger partial charge in [0.25, 0.3) is 0 Å². The number of benzene rings is 1. The van der Waals surface area contributed by atoms with Gasteiger partial charge in [0.2, 0.25) is 5.91 Å². The second-order valence-electron chi connectivity index (χ2n) is 6.36. The number of alkyl carbamates (subject to hydrolysis) is 1. The van der Waals surface area contributed by atoms with Crippen LogP contribution < -0.4 is 16.0 Å². The SMILES string of the molecule is COC(=O)C(CCCNC(=O)OCc1ccccc1)NC(=O)[C@@H]1CCCN1. The number of rotatable bonds is 9. The van der Waals surface area contributed by atoms with Gasteiger partial charge in [-0.25, -0.2) is 9.59 Å². The van der Waals surface area contributed by atoms with Crippen molar-refractivity contribution >= 4 is 18.0 Å². The molecular weight excluding hydrogens is 350 g/mol. The van der Waals surface area contributed by atoms with Gasteiger partial charge >= 0.3 is 12.1 Å². The van der Waals surface area contributed by atoms with E-state index in [0.29, 0.717) is 19.4 Å². The Morgan fingerprint density at radius 3 is 2.70 bits per heavy atom. The van der Waals surface area contributed by atoms with Gasteiger partial charge in [-0.2, -0.15) is 0 Å². The summed E-state index contributed by atoms with van der Waals surface area (Å²) in [6, 6.07) is 8.39. The maximum absolute atomic E-state index is 12.2. The lowest BCUT2D eigenvalue weighted by molar-refractivity contribution is -0.145. The number of hydrogen-bond donors (Lipinski definition) is 3. The quantitative estimate of drug-likeness (QED) is 0.440. The Bertz CT molecular complexity index is 617. The van der Waals surface area contributed by atoms with Crippen LogP contribution in [0.4, 0.5) is 4.79 Å². The highest BCUT2D eigenvalue weighted by molar-refractivity contribution is 5.87. The minimum absolute atomic E-state index is 0.196. The van der Waals surface area contributed by atoms with Crippen LogP contribution in [0, 0.1) is 0 Å². The zero-order chi connectivity index (χ0) is 19.5. The van der Waals surface area contributed by atoms with E-state index in [9.17, 15) is 14.4 Å². The van der Waals surface area contributed by atoms with Crippen molar-refractivity contribution in [2.45, 2.75) is 44.4 Å². The Balaban J connectivity index is 1.67. The third kappa shape index (κ3) is 7.26. The van der Waals surface area contributed by atoms with Crippen LogP contribution in [-0.4, -0.2) is 50.3 Å². The van der Waals surface area contributed by atoms with E-state index < -0.39 is 18.1 Å². The maximum atomic E-state index is 12.2. The molecule has 3 N–H and O–H groups in total. The second-order valence-corrected chi connectivity index (χ2v) is 6.36. The summed E-state index contributed by atoms with van der Waals surface area (Å²) in [5, 5.41) is 8.45. The first kappa shape index (κ1) is 20.7.